The summed E-state index contributed by atoms with van der Waals surface area (Å²) in [4.78, 5) is 16.6. The quantitative estimate of drug-likeness (QED) is 0.847. The molecule has 0 bridgehead atoms. The molecule has 1 aromatic heterocycles. The summed E-state index contributed by atoms with van der Waals surface area (Å²) in [5.74, 6) is 1.97. The van der Waals surface area contributed by atoms with Crippen LogP contribution in [0.3, 0.4) is 0 Å². The lowest BCUT2D eigenvalue weighted by molar-refractivity contribution is 0.0735. The highest BCUT2D eigenvalue weighted by atomic mass is 16.6. The molecule has 0 radical (unpaired) electrons. The first-order chi connectivity index (χ1) is 11.8. The largest absolute Gasteiger partial charge is 0.486 e. The highest BCUT2D eigenvalue weighted by molar-refractivity contribution is 5.91. The van der Waals surface area contributed by atoms with Crippen molar-refractivity contribution in [2.45, 2.75) is 6.42 Å². The molecular formula is C18H20N2O4. The minimum Gasteiger partial charge on any atom is -0.486 e. The predicted molar refractivity (Wildman–Crippen MR) is 88.9 cm³/mol. The Labute approximate surface area is 140 Å². The van der Waals surface area contributed by atoms with E-state index in [9.17, 15) is 4.79 Å². The molecule has 0 atom stereocenters. The molecule has 0 N–H and O–H groups in total. The van der Waals surface area contributed by atoms with Gasteiger partial charge in [-0.2, -0.15) is 0 Å². The van der Waals surface area contributed by atoms with Crippen LogP contribution in [0.15, 0.2) is 41.0 Å². The molecule has 0 aliphatic carbocycles. The van der Waals surface area contributed by atoms with E-state index in [-0.39, 0.29) is 5.91 Å². The van der Waals surface area contributed by atoms with Gasteiger partial charge in [-0.25, -0.2) is 0 Å². The van der Waals surface area contributed by atoms with Crippen molar-refractivity contribution in [3.63, 3.8) is 0 Å². The maximum Gasteiger partial charge on any atom is 0.289 e. The number of nitrogens with zero attached hydrogens (tertiary/aromatic N) is 2. The molecule has 1 saturated heterocycles. The van der Waals surface area contributed by atoms with Crippen molar-refractivity contribution in [2.24, 2.45) is 0 Å². The minimum absolute atomic E-state index is 0.0379. The molecule has 6 heteroatoms. The second kappa shape index (κ2) is 6.47. The van der Waals surface area contributed by atoms with E-state index < -0.39 is 0 Å². The van der Waals surface area contributed by atoms with Crippen molar-refractivity contribution in [2.75, 3.05) is 44.3 Å². The molecule has 1 fully saturated rings. The van der Waals surface area contributed by atoms with Crippen LogP contribution >= 0.6 is 0 Å². The number of rotatable bonds is 2. The fourth-order valence-electron chi connectivity index (χ4n) is 3.16. The number of furan rings is 1. The highest BCUT2D eigenvalue weighted by Crippen LogP contribution is 2.34. The average Bonchev–Trinajstić information content (AvgIpc) is 3.05. The Morgan fingerprint density at radius 1 is 0.958 bits per heavy atom. The molecule has 2 aromatic rings. The zero-order valence-electron chi connectivity index (χ0n) is 13.4. The van der Waals surface area contributed by atoms with Crippen LogP contribution in [-0.4, -0.2) is 50.2 Å². The van der Waals surface area contributed by atoms with Crippen LogP contribution in [0.25, 0.3) is 0 Å². The van der Waals surface area contributed by atoms with Crippen molar-refractivity contribution in [3.05, 3.63) is 42.4 Å². The number of hydrogen-bond acceptors (Lipinski definition) is 5. The molecule has 0 saturated carbocycles. The van der Waals surface area contributed by atoms with E-state index in [4.69, 9.17) is 13.9 Å². The van der Waals surface area contributed by atoms with Crippen molar-refractivity contribution < 1.29 is 18.7 Å². The van der Waals surface area contributed by atoms with E-state index >= 15 is 0 Å². The van der Waals surface area contributed by atoms with Gasteiger partial charge in [-0.05, 0) is 30.7 Å². The Kier molecular flexibility index (Phi) is 4.02. The summed E-state index contributed by atoms with van der Waals surface area (Å²) >= 11 is 0. The van der Waals surface area contributed by atoms with Crippen LogP contribution < -0.4 is 14.4 Å². The third kappa shape index (κ3) is 2.91. The molecule has 3 heterocycles. The Bertz CT molecular complexity index is 714. The van der Waals surface area contributed by atoms with E-state index in [0.717, 1.165) is 43.2 Å². The van der Waals surface area contributed by atoms with Gasteiger partial charge in [0.05, 0.1) is 6.26 Å². The molecule has 2 aliphatic rings. The van der Waals surface area contributed by atoms with E-state index in [1.807, 2.05) is 17.0 Å². The van der Waals surface area contributed by atoms with Crippen LogP contribution in [0.1, 0.15) is 17.0 Å². The van der Waals surface area contributed by atoms with Gasteiger partial charge >= 0.3 is 0 Å². The summed E-state index contributed by atoms with van der Waals surface area (Å²) in [6.45, 7) is 4.28. The number of ether oxygens (including phenoxy) is 2. The first-order valence-electron chi connectivity index (χ1n) is 8.29. The molecule has 4 rings (SSSR count). The highest BCUT2D eigenvalue weighted by Gasteiger charge is 2.23. The van der Waals surface area contributed by atoms with Gasteiger partial charge < -0.3 is 23.7 Å². The molecular weight excluding hydrogens is 308 g/mol. The van der Waals surface area contributed by atoms with E-state index in [1.165, 1.54) is 6.26 Å². The SMILES string of the molecule is O=C(c1ccco1)N1CCCN(c2ccc3c(c2)OCCO3)CC1. The summed E-state index contributed by atoms with van der Waals surface area (Å²) in [5.41, 5.74) is 1.10. The summed E-state index contributed by atoms with van der Waals surface area (Å²) < 4.78 is 16.5. The predicted octanol–water partition coefficient (Wildman–Crippen LogP) is 2.40. The summed E-state index contributed by atoms with van der Waals surface area (Å²) in [6.07, 6.45) is 2.45. The normalized spacial score (nSPS) is 17.5. The zero-order chi connectivity index (χ0) is 16.4. The van der Waals surface area contributed by atoms with Crippen LogP contribution in [0.5, 0.6) is 11.5 Å². The standard InChI is InChI=1S/C18H20N2O4/c21-18(16-3-1-10-22-16)20-7-2-6-19(8-9-20)14-4-5-15-17(13-14)24-12-11-23-15/h1,3-5,10,13H,2,6-9,11-12H2. The third-order valence-corrected chi connectivity index (χ3v) is 4.41. The van der Waals surface area contributed by atoms with Gasteiger partial charge in [-0.15, -0.1) is 0 Å². The summed E-state index contributed by atoms with van der Waals surface area (Å²) in [6, 6.07) is 9.49. The molecule has 0 unspecified atom stereocenters. The summed E-state index contributed by atoms with van der Waals surface area (Å²) in [7, 11) is 0. The Morgan fingerprint density at radius 2 is 1.83 bits per heavy atom. The second-order valence-corrected chi connectivity index (χ2v) is 5.94. The minimum atomic E-state index is -0.0379. The lowest BCUT2D eigenvalue weighted by Gasteiger charge is -2.25. The first kappa shape index (κ1) is 14.9. The third-order valence-electron chi connectivity index (χ3n) is 4.41. The fourth-order valence-corrected chi connectivity index (χ4v) is 3.16. The number of fused-ring (bicyclic) bond motifs is 1. The molecule has 6 nitrogen and oxygen atoms in total. The maximum atomic E-state index is 12.4. The molecule has 24 heavy (non-hydrogen) atoms. The van der Waals surface area contributed by atoms with Gasteiger partial charge in [0.25, 0.3) is 5.91 Å². The Balaban J connectivity index is 1.46. The number of benzene rings is 1. The van der Waals surface area contributed by atoms with Gasteiger partial charge in [-0.3, -0.25) is 4.79 Å². The molecule has 1 amide bonds. The molecule has 1 aromatic carbocycles. The fraction of sp³-hybridized carbons (Fsp3) is 0.389. The number of anilines is 1. The van der Waals surface area contributed by atoms with Crippen LogP contribution in [0.2, 0.25) is 0 Å². The van der Waals surface area contributed by atoms with Crippen molar-refractivity contribution in [1.29, 1.82) is 0 Å². The van der Waals surface area contributed by atoms with E-state index in [1.54, 1.807) is 12.1 Å². The summed E-state index contributed by atoms with van der Waals surface area (Å²) in [5, 5.41) is 0. The van der Waals surface area contributed by atoms with Crippen LogP contribution in [0.4, 0.5) is 5.69 Å². The number of amides is 1. The Hall–Kier alpha value is -2.63. The zero-order valence-corrected chi connectivity index (χ0v) is 13.4. The second-order valence-electron chi connectivity index (χ2n) is 5.94. The lowest BCUT2D eigenvalue weighted by atomic mass is 10.2. The number of carbonyl (C=O) groups is 1. The van der Waals surface area contributed by atoms with Crippen LogP contribution in [0, 0.1) is 0 Å². The van der Waals surface area contributed by atoms with Crippen molar-refractivity contribution in [1.82, 2.24) is 4.90 Å². The van der Waals surface area contributed by atoms with Gasteiger partial charge in [0, 0.05) is 37.9 Å². The van der Waals surface area contributed by atoms with E-state index in [2.05, 4.69) is 11.0 Å². The van der Waals surface area contributed by atoms with Crippen molar-refractivity contribution >= 4 is 11.6 Å². The molecule has 2 aliphatic heterocycles. The first-order valence-corrected chi connectivity index (χ1v) is 8.29. The van der Waals surface area contributed by atoms with Gasteiger partial charge in [0.1, 0.15) is 13.2 Å². The monoisotopic (exact) mass is 328 g/mol. The smallest absolute Gasteiger partial charge is 0.289 e. The maximum absolute atomic E-state index is 12.4. The van der Waals surface area contributed by atoms with E-state index in [0.29, 0.717) is 25.5 Å². The number of hydrogen-bond donors (Lipinski definition) is 0. The van der Waals surface area contributed by atoms with Gasteiger partial charge in [0.15, 0.2) is 17.3 Å². The molecule has 0 spiro atoms. The molecule has 126 valence electrons. The number of carbonyl (C=O) groups excluding carboxylic acids is 1. The topological polar surface area (TPSA) is 55.2 Å². The van der Waals surface area contributed by atoms with Gasteiger partial charge in [0.2, 0.25) is 0 Å². The van der Waals surface area contributed by atoms with Crippen molar-refractivity contribution in [3.8, 4) is 11.5 Å². The van der Waals surface area contributed by atoms with Gasteiger partial charge in [-0.1, -0.05) is 0 Å². The Morgan fingerprint density at radius 3 is 2.67 bits per heavy atom. The lowest BCUT2D eigenvalue weighted by Crippen LogP contribution is -2.35. The van der Waals surface area contributed by atoms with Crippen LogP contribution in [-0.2, 0) is 0 Å². The average molecular weight is 328 g/mol.